The first-order valence-electron chi connectivity index (χ1n) is 8.25. The van der Waals surface area contributed by atoms with Gasteiger partial charge in [-0.1, -0.05) is 51.1 Å². The lowest BCUT2D eigenvalue weighted by Crippen LogP contribution is -2.26. The Morgan fingerprint density at radius 3 is 2.56 bits per heavy atom. The summed E-state index contributed by atoms with van der Waals surface area (Å²) in [6.45, 7) is 7.94. The van der Waals surface area contributed by atoms with Crippen molar-refractivity contribution in [2.24, 2.45) is 0 Å². The second kappa shape index (κ2) is 6.33. The molecular weight excluding hydrogens is 318 g/mol. The van der Waals surface area contributed by atoms with Gasteiger partial charge in [-0.3, -0.25) is 0 Å². The van der Waals surface area contributed by atoms with Gasteiger partial charge in [-0.15, -0.1) is 5.10 Å². The Labute approximate surface area is 145 Å². The van der Waals surface area contributed by atoms with E-state index in [1.54, 1.807) is 6.20 Å². The predicted molar refractivity (Wildman–Crippen MR) is 96.8 cm³/mol. The maximum absolute atomic E-state index is 12.0. The number of fused-ring (bicyclic) bond motifs is 1. The molecule has 25 heavy (non-hydrogen) atoms. The minimum absolute atomic E-state index is 0.234. The molecule has 0 saturated carbocycles. The Balaban J connectivity index is 1.99. The van der Waals surface area contributed by atoms with Crippen molar-refractivity contribution in [1.29, 1.82) is 0 Å². The number of H-pyrrole nitrogens is 1. The van der Waals surface area contributed by atoms with Gasteiger partial charge >= 0.3 is 5.69 Å². The van der Waals surface area contributed by atoms with Crippen LogP contribution < -0.4 is 11.0 Å². The summed E-state index contributed by atoms with van der Waals surface area (Å²) in [7, 11) is 0. The van der Waals surface area contributed by atoms with Crippen molar-refractivity contribution < 1.29 is 5.11 Å². The van der Waals surface area contributed by atoms with Crippen molar-refractivity contribution in [3.05, 3.63) is 58.3 Å². The minimum Gasteiger partial charge on any atom is -0.386 e. The summed E-state index contributed by atoms with van der Waals surface area (Å²) in [6.07, 6.45) is 0.983. The van der Waals surface area contributed by atoms with Crippen molar-refractivity contribution in [2.75, 3.05) is 5.32 Å². The van der Waals surface area contributed by atoms with Crippen LogP contribution in [-0.2, 0) is 5.41 Å². The average molecular weight is 341 g/mol. The van der Waals surface area contributed by atoms with Gasteiger partial charge < -0.3 is 10.4 Å². The molecular formula is C18H23N5O2. The SMILES string of the molecule is CC(Nc1nc(C(C)(C)C)cn2c(=O)[nH]nc12)C(O)c1ccccc1. The first-order chi connectivity index (χ1) is 11.8. The molecule has 2 aromatic heterocycles. The smallest absolute Gasteiger partial charge is 0.347 e. The maximum Gasteiger partial charge on any atom is 0.347 e. The molecule has 0 amide bonds. The summed E-state index contributed by atoms with van der Waals surface area (Å²) in [5, 5.41) is 20.3. The monoisotopic (exact) mass is 341 g/mol. The van der Waals surface area contributed by atoms with Crippen molar-refractivity contribution in [1.82, 2.24) is 19.6 Å². The quantitative estimate of drug-likeness (QED) is 0.676. The van der Waals surface area contributed by atoms with Gasteiger partial charge in [0.1, 0.15) is 0 Å². The molecule has 0 aliphatic heterocycles. The van der Waals surface area contributed by atoms with Crippen LogP contribution in [0.2, 0.25) is 0 Å². The maximum atomic E-state index is 12.0. The van der Waals surface area contributed by atoms with Gasteiger partial charge in [0.15, 0.2) is 5.82 Å². The number of hydrogen-bond acceptors (Lipinski definition) is 5. The number of anilines is 1. The van der Waals surface area contributed by atoms with E-state index in [0.717, 1.165) is 11.3 Å². The lowest BCUT2D eigenvalue weighted by Gasteiger charge is -2.23. The largest absolute Gasteiger partial charge is 0.386 e. The van der Waals surface area contributed by atoms with E-state index in [4.69, 9.17) is 0 Å². The fourth-order valence-electron chi connectivity index (χ4n) is 2.60. The second-order valence-electron chi connectivity index (χ2n) is 7.24. The third-order valence-electron chi connectivity index (χ3n) is 4.15. The summed E-state index contributed by atoms with van der Waals surface area (Å²) in [5.41, 5.74) is 1.42. The molecule has 7 heteroatoms. The molecule has 132 valence electrons. The van der Waals surface area contributed by atoms with E-state index >= 15 is 0 Å². The summed E-state index contributed by atoms with van der Waals surface area (Å²) in [6, 6.07) is 9.10. The third-order valence-corrected chi connectivity index (χ3v) is 4.15. The lowest BCUT2D eigenvalue weighted by molar-refractivity contribution is 0.160. The summed E-state index contributed by atoms with van der Waals surface area (Å²) >= 11 is 0. The second-order valence-corrected chi connectivity index (χ2v) is 7.24. The number of rotatable bonds is 4. The number of benzene rings is 1. The minimum atomic E-state index is -0.716. The topological polar surface area (TPSA) is 95.3 Å². The predicted octanol–water partition coefficient (Wildman–Crippen LogP) is 2.25. The number of nitrogens with zero attached hydrogens (tertiary/aromatic N) is 3. The van der Waals surface area contributed by atoms with Gasteiger partial charge in [0.25, 0.3) is 0 Å². The van der Waals surface area contributed by atoms with Crippen LogP contribution in [0.25, 0.3) is 5.65 Å². The average Bonchev–Trinajstić information content (AvgIpc) is 2.96. The standard InChI is InChI=1S/C18H23N5O2/c1-11(14(24)12-8-6-5-7-9-12)19-15-16-21-22-17(25)23(16)10-13(20-15)18(2,3)4/h5-11,14,24H,1-4H3,(H,19,20)(H,22,25). The molecule has 3 N–H and O–H groups in total. The van der Waals surface area contributed by atoms with Gasteiger partial charge in [0.05, 0.1) is 17.8 Å². The van der Waals surface area contributed by atoms with Crippen LogP contribution in [0.5, 0.6) is 0 Å². The van der Waals surface area contributed by atoms with Crippen LogP contribution in [0.15, 0.2) is 41.3 Å². The van der Waals surface area contributed by atoms with Crippen LogP contribution in [0.3, 0.4) is 0 Å². The molecule has 7 nitrogen and oxygen atoms in total. The van der Waals surface area contributed by atoms with Gasteiger partial charge in [-0.2, -0.15) is 0 Å². The van der Waals surface area contributed by atoms with E-state index < -0.39 is 6.10 Å². The molecule has 0 saturated heterocycles. The first kappa shape index (κ1) is 17.2. The summed E-state index contributed by atoms with van der Waals surface area (Å²) < 4.78 is 1.44. The van der Waals surface area contributed by atoms with Crippen molar-refractivity contribution in [3.8, 4) is 0 Å². The molecule has 3 aromatic rings. The zero-order valence-electron chi connectivity index (χ0n) is 14.8. The number of aliphatic hydroxyl groups is 1. The van der Waals surface area contributed by atoms with E-state index in [0.29, 0.717) is 11.5 Å². The Hall–Kier alpha value is -2.67. The van der Waals surface area contributed by atoms with E-state index in [2.05, 4.69) is 20.5 Å². The molecule has 0 aliphatic carbocycles. The van der Waals surface area contributed by atoms with E-state index in [1.807, 2.05) is 58.0 Å². The third kappa shape index (κ3) is 3.41. The van der Waals surface area contributed by atoms with Crippen molar-refractivity contribution in [2.45, 2.75) is 45.3 Å². The van der Waals surface area contributed by atoms with Gasteiger partial charge in [0, 0.05) is 11.6 Å². The lowest BCUT2D eigenvalue weighted by atomic mass is 9.92. The molecule has 0 spiro atoms. The Kier molecular flexibility index (Phi) is 4.34. The number of aliphatic hydroxyl groups excluding tert-OH is 1. The van der Waals surface area contributed by atoms with Crippen LogP contribution in [-0.4, -0.2) is 30.7 Å². The number of nitrogens with one attached hydrogen (secondary N) is 2. The Morgan fingerprint density at radius 1 is 1.24 bits per heavy atom. The summed E-state index contributed by atoms with van der Waals surface area (Å²) in [5.74, 6) is 0.466. The molecule has 0 aliphatic rings. The normalized spacial score (nSPS) is 14.4. The Bertz CT molecular complexity index is 924. The number of aromatic nitrogens is 4. The fourth-order valence-corrected chi connectivity index (χ4v) is 2.60. The van der Waals surface area contributed by atoms with E-state index in [1.165, 1.54) is 4.40 Å². The highest BCUT2D eigenvalue weighted by Crippen LogP contribution is 2.25. The highest BCUT2D eigenvalue weighted by atomic mass is 16.3. The zero-order valence-corrected chi connectivity index (χ0v) is 14.8. The molecule has 2 heterocycles. The first-order valence-corrected chi connectivity index (χ1v) is 8.25. The highest BCUT2D eigenvalue weighted by molar-refractivity contribution is 5.63. The van der Waals surface area contributed by atoms with Gasteiger partial charge in [-0.25, -0.2) is 19.3 Å². The van der Waals surface area contributed by atoms with Crippen LogP contribution in [0, 0.1) is 0 Å². The number of hydrogen-bond donors (Lipinski definition) is 3. The van der Waals surface area contributed by atoms with Crippen LogP contribution in [0.1, 0.15) is 45.1 Å². The summed E-state index contributed by atoms with van der Waals surface area (Å²) in [4.78, 5) is 16.6. The molecule has 3 rings (SSSR count). The molecule has 2 unspecified atom stereocenters. The van der Waals surface area contributed by atoms with Crippen LogP contribution >= 0.6 is 0 Å². The van der Waals surface area contributed by atoms with Gasteiger partial charge in [0.2, 0.25) is 5.65 Å². The molecule has 0 radical (unpaired) electrons. The highest BCUT2D eigenvalue weighted by Gasteiger charge is 2.22. The van der Waals surface area contributed by atoms with Crippen molar-refractivity contribution >= 4 is 11.5 Å². The zero-order chi connectivity index (χ0) is 18.2. The molecule has 0 fully saturated rings. The molecule has 0 bridgehead atoms. The molecule has 1 aromatic carbocycles. The van der Waals surface area contributed by atoms with Crippen LogP contribution in [0.4, 0.5) is 5.82 Å². The van der Waals surface area contributed by atoms with E-state index in [-0.39, 0.29) is 17.1 Å². The number of aromatic amines is 1. The molecule has 2 atom stereocenters. The Morgan fingerprint density at radius 2 is 1.92 bits per heavy atom. The van der Waals surface area contributed by atoms with Crippen molar-refractivity contribution in [3.63, 3.8) is 0 Å². The van der Waals surface area contributed by atoms with E-state index in [9.17, 15) is 9.90 Å². The fraction of sp³-hybridized carbons (Fsp3) is 0.389. The van der Waals surface area contributed by atoms with Gasteiger partial charge in [-0.05, 0) is 12.5 Å².